The van der Waals surface area contributed by atoms with Gasteiger partial charge in [-0.15, -0.1) is 0 Å². The lowest BCUT2D eigenvalue weighted by Crippen LogP contribution is -2.59. The molecule has 2 N–H and O–H groups in total. The van der Waals surface area contributed by atoms with Gasteiger partial charge in [-0.05, 0) is 70.8 Å². The number of nitrogens with one attached hydrogen (secondary N) is 2. The van der Waals surface area contributed by atoms with Crippen LogP contribution in [0.25, 0.3) is 0 Å². The van der Waals surface area contributed by atoms with Gasteiger partial charge in [-0.25, -0.2) is 0 Å². The normalized spacial score (nSPS) is 18.2. The van der Waals surface area contributed by atoms with Crippen molar-refractivity contribution in [2.75, 3.05) is 67.7 Å². The molecule has 1 aromatic carbocycles. The first-order valence-electron chi connectivity index (χ1n) is 19.7. The van der Waals surface area contributed by atoms with Crippen LogP contribution in [-0.4, -0.2) is 146 Å². The van der Waals surface area contributed by atoms with Gasteiger partial charge in [0.25, 0.3) is 0 Å². The van der Waals surface area contributed by atoms with Crippen LogP contribution in [0.4, 0.5) is 0 Å². The van der Waals surface area contributed by atoms with E-state index in [0.29, 0.717) is 19.5 Å². The Morgan fingerprint density at radius 2 is 1.62 bits per heavy atom. The van der Waals surface area contributed by atoms with Crippen molar-refractivity contribution in [1.82, 2.24) is 30.2 Å². The number of carbonyl (C=O) groups is 4. The molecular formula is C41H72N6O5S. The molecule has 7 atom stereocenters. The Morgan fingerprint density at radius 1 is 0.962 bits per heavy atom. The molecule has 2 rings (SSSR count). The summed E-state index contributed by atoms with van der Waals surface area (Å²) in [6, 6.07) is 8.57. The topological polar surface area (TPSA) is 115 Å². The van der Waals surface area contributed by atoms with Crippen LogP contribution >= 0.6 is 11.8 Å². The molecule has 0 bridgehead atoms. The lowest BCUT2D eigenvalue weighted by molar-refractivity contribution is -0.146. The first-order valence-corrected chi connectivity index (χ1v) is 20.7. The molecule has 11 nitrogen and oxygen atoms in total. The zero-order valence-electron chi connectivity index (χ0n) is 34.9. The Bertz CT molecular complexity index is 1260. The number of rotatable bonds is 23. The number of nitrogens with zero attached hydrogens (tertiary/aromatic N) is 4. The van der Waals surface area contributed by atoms with E-state index in [4.69, 9.17) is 4.74 Å². The Balaban J connectivity index is 2.25. The minimum absolute atomic E-state index is 0.00594. The van der Waals surface area contributed by atoms with Gasteiger partial charge in [-0.1, -0.05) is 78.3 Å². The highest BCUT2D eigenvalue weighted by molar-refractivity contribution is 8.00. The van der Waals surface area contributed by atoms with Gasteiger partial charge in [0.1, 0.15) is 6.04 Å². The quantitative estimate of drug-likeness (QED) is 0.169. The van der Waals surface area contributed by atoms with Crippen molar-refractivity contribution in [2.45, 2.75) is 116 Å². The van der Waals surface area contributed by atoms with Gasteiger partial charge in [0.2, 0.25) is 23.6 Å². The number of benzene rings is 1. The summed E-state index contributed by atoms with van der Waals surface area (Å²) in [4.78, 5) is 63.0. The van der Waals surface area contributed by atoms with E-state index in [-0.39, 0.29) is 65.1 Å². The molecule has 1 fully saturated rings. The maximum Gasteiger partial charge on any atom is 0.245 e. The third-order valence-electron chi connectivity index (χ3n) is 10.7. The van der Waals surface area contributed by atoms with Gasteiger partial charge in [0.15, 0.2) is 0 Å². The highest BCUT2D eigenvalue weighted by Crippen LogP contribution is 2.32. The van der Waals surface area contributed by atoms with E-state index < -0.39 is 18.2 Å². The van der Waals surface area contributed by atoms with Crippen LogP contribution < -0.4 is 10.6 Å². The molecule has 0 spiro atoms. The first kappa shape index (κ1) is 46.5. The molecule has 1 saturated heterocycles. The zero-order chi connectivity index (χ0) is 39.8. The van der Waals surface area contributed by atoms with E-state index in [2.05, 4.69) is 41.5 Å². The summed E-state index contributed by atoms with van der Waals surface area (Å²) in [6.45, 7) is 14.1. The number of thioether (sulfide) groups is 1. The predicted molar refractivity (Wildman–Crippen MR) is 218 cm³/mol. The van der Waals surface area contributed by atoms with Crippen LogP contribution in [0.3, 0.4) is 0 Å². The van der Waals surface area contributed by atoms with Crippen molar-refractivity contribution in [2.24, 2.45) is 17.8 Å². The molecule has 302 valence electrons. The van der Waals surface area contributed by atoms with Crippen molar-refractivity contribution < 1.29 is 23.9 Å². The number of methoxy groups -OCH3 is 1. The zero-order valence-corrected chi connectivity index (χ0v) is 35.7. The van der Waals surface area contributed by atoms with Crippen LogP contribution in [0.15, 0.2) is 30.3 Å². The summed E-state index contributed by atoms with van der Waals surface area (Å²) in [5.74, 6) is 0.428. The Labute approximate surface area is 325 Å². The second-order valence-electron chi connectivity index (χ2n) is 16.0. The fraction of sp³-hybridized carbons (Fsp3) is 0.756. The number of hydrogen-bond acceptors (Lipinski definition) is 8. The van der Waals surface area contributed by atoms with Crippen molar-refractivity contribution >= 4 is 35.4 Å². The second kappa shape index (κ2) is 23.3. The van der Waals surface area contributed by atoms with E-state index in [1.807, 2.05) is 83.9 Å². The summed E-state index contributed by atoms with van der Waals surface area (Å²) in [6.07, 6.45) is 3.17. The molecule has 1 aromatic rings. The molecule has 0 aliphatic carbocycles. The Morgan fingerprint density at radius 3 is 2.17 bits per heavy atom. The molecule has 4 amide bonds. The molecule has 1 aliphatic heterocycles. The average molecular weight is 761 g/mol. The predicted octanol–water partition coefficient (Wildman–Crippen LogP) is 4.40. The lowest BCUT2D eigenvalue weighted by Gasteiger charge is -2.41. The molecule has 1 aliphatic rings. The van der Waals surface area contributed by atoms with Crippen molar-refractivity contribution in [3.05, 3.63) is 35.9 Å². The molecule has 1 heterocycles. The highest BCUT2D eigenvalue weighted by atomic mass is 32.2. The maximum absolute atomic E-state index is 14.3. The number of ether oxygens (including phenoxy) is 1. The number of hydrogen-bond donors (Lipinski definition) is 2. The number of likely N-dealkylation sites (N-methyl/N-ethyl adjacent to an activating group) is 2. The molecule has 0 radical (unpaired) electrons. The number of likely N-dealkylation sites (tertiary alicyclic amines) is 1. The van der Waals surface area contributed by atoms with Gasteiger partial charge >= 0.3 is 0 Å². The summed E-state index contributed by atoms with van der Waals surface area (Å²) in [7, 11) is 11.2. The largest absolute Gasteiger partial charge is 0.379 e. The minimum Gasteiger partial charge on any atom is -0.379 e. The first-order chi connectivity index (χ1) is 25.0. The van der Waals surface area contributed by atoms with Crippen LogP contribution in [0.1, 0.15) is 79.2 Å². The van der Waals surface area contributed by atoms with Gasteiger partial charge in [0.05, 0.1) is 24.6 Å². The van der Waals surface area contributed by atoms with Gasteiger partial charge in [-0.3, -0.25) is 24.1 Å². The average Bonchev–Trinajstić information content (AvgIpc) is 3.59. The molecule has 12 heteroatoms. The standard InChI is InChI=1S/C41H72N6O5S/c1-13-30(6)39(46(11)41(51)37(28(2)3)43-40(50)38(29(4)5)45(9)10)33(52-12)26-36(49)47-23-17-20-32(47)34(53-25-24-44(7)8)27-35(48)42-22-21-31-18-15-14-16-19-31/h14-16,18-19,28-30,32-34,37-39H,13,17,20-27H2,1-12H3,(H,42,48)(H,43,50). The van der Waals surface area contributed by atoms with Crippen LogP contribution in [-0.2, 0) is 30.3 Å². The highest BCUT2D eigenvalue weighted by Gasteiger charge is 2.41. The Kier molecular flexibility index (Phi) is 20.4. The summed E-state index contributed by atoms with van der Waals surface area (Å²) < 4.78 is 6.08. The van der Waals surface area contributed by atoms with Crippen molar-refractivity contribution in [3.63, 3.8) is 0 Å². The maximum atomic E-state index is 14.3. The van der Waals surface area contributed by atoms with Crippen LogP contribution in [0, 0.1) is 17.8 Å². The molecular weight excluding hydrogens is 689 g/mol. The van der Waals surface area contributed by atoms with Crippen LogP contribution in [0.5, 0.6) is 0 Å². The van der Waals surface area contributed by atoms with Crippen LogP contribution in [0.2, 0.25) is 0 Å². The SMILES string of the molecule is CCC(C)C(C(CC(=O)N1CCCC1C(CC(=O)NCCc1ccccc1)SCCN(C)C)OC)N(C)C(=O)C(NC(=O)C(C(C)C)N(C)C)C(C)C. The molecule has 0 saturated carbocycles. The van der Waals surface area contributed by atoms with Gasteiger partial charge in [-0.2, -0.15) is 11.8 Å². The van der Waals surface area contributed by atoms with Crippen molar-refractivity contribution in [1.29, 1.82) is 0 Å². The van der Waals surface area contributed by atoms with E-state index in [1.165, 1.54) is 5.56 Å². The summed E-state index contributed by atoms with van der Waals surface area (Å²) in [5.41, 5.74) is 1.18. The van der Waals surface area contributed by atoms with E-state index >= 15 is 0 Å². The fourth-order valence-corrected chi connectivity index (χ4v) is 9.10. The van der Waals surface area contributed by atoms with E-state index in [1.54, 1.807) is 30.8 Å². The Hall–Kier alpha value is -2.67. The summed E-state index contributed by atoms with van der Waals surface area (Å²) >= 11 is 1.77. The number of amides is 4. The molecule has 53 heavy (non-hydrogen) atoms. The summed E-state index contributed by atoms with van der Waals surface area (Å²) in [5, 5.41) is 6.15. The monoisotopic (exact) mass is 761 g/mol. The van der Waals surface area contributed by atoms with Gasteiger partial charge in [0, 0.05) is 57.3 Å². The molecule has 7 unspecified atom stereocenters. The number of carbonyl (C=O) groups excluding carboxylic acids is 4. The second-order valence-corrected chi connectivity index (χ2v) is 17.3. The minimum atomic E-state index is -0.727. The lowest BCUT2D eigenvalue weighted by atomic mass is 9.89. The fourth-order valence-electron chi connectivity index (χ4n) is 7.55. The van der Waals surface area contributed by atoms with Gasteiger partial charge < -0.3 is 30.1 Å². The third-order valence-corrected chi connectivity index (χ3v) is 12.0. The van der Waals surface area contributed by atoms with Crippen molar-refractivity contribution in [3.8, 4) is 0 Å². The van der Waals surface area contributed by atoms with E-state index in [0.717, 1.165) is 38.0 Å². The third kappa shape index (κ3) is 14.5. The van der Waals surface area contributed by atoms with E-state index in [9.17, 15) is 19.2 Å². The molecule has 0 aromatic heterocycles. The smallest absolute Gasteiger partial charge is 0.245 e.